The van der Waals surface area contributed by atoms with Gasteiger partial charge in [-0.3, -0.25) is 0 Å². The fourth-order valence-electron chi connectivity index (χ4n) is 1.86. The van der Waals surface area contributed by atoms with Crippen molar-refractivity contribution in [1.82, 2.24) is 0 Å². The van der Waals surface area contributed by atoms with Crippen molar-refractivity contribution in [2.45, 2.75) is 38.3 Å². The Hall–Kier alpha value is -0.930. The van der Waals surface area contributed by atoms with Crippen LogP contribution in [0.3, 0.4) is 0 Å². The second-order valence-electron chi connectivity index (χ2n) is 4.07. The Kier molecular flexibility index (Phi) is 4.31. The molecule has 1 saturated heterocycles. The number of ether oxygens (including phenoxy) is 2. The number of halogens is 1. The van der Waals surface area contributed by atoms with Crippen LogP contribution in [0.2, 0.25) is 0 Å². The smallest absolute Gasteiger partial charge is 0.158 e. The molecule has 1 heterocycles. The van der Waals surface area contributed by atoms with Gasteiger partial charge in [0.2, 0.25) is 0 Å². The molecule has 2 nitrogen and oxygen atoms in total. The highest BCUT2D eigenvalue weighted by molar-refractivity contribution is 5.13. The topological polar surface area (TPSA) is 18.5 Å². The fourth-order valence-corrected chi connectivity index (χ4v) is 1.86. The van der Waals surface area contributed by atoms with Crippen molar-refractivity contribution in [3.05, 3.63) is 35.9 Å². The summed E-state index contributed by atoms with van der Waals surface area (Å²) in [4.78, 5) is 0. The standard InChI is InChI=1S/C13H17FO2/c14-9-12-7-4-8-13(16-12)15-10-11-5-2-1-3-6-11/h1-3,5-6,12-13H,4,7-10H2. The molecular formula is C13H17FO2. The van der Waals surface area contributed by atoms with Gasteiger partial charge in [0, 0.05) is 0 Å². The van der Waals surface area contributed by atoms with E-state index in [0.717, 1.165) is 24.8 Å². The highest BCUT2D eigenvalue weighted by Gasteiger charge is 2.22. The predicted octanol–water partition coefficient (Wildman–Crippen LogP) is 3.07. The molecule has 0 saturated carbocycles. The summed E-state index contributed by atoms with van der Waals surface area (Å²) in [7, 11) is 0. The molecule has 0 radical (unpaired) electrons. The molecule has 1 aliphatic heterocycles. The molecule has 1 aromatic carbocycles. The van der Waals surface area contributed by atoms with Crippen molar-refractivity contribution >= 4 is 0 Å². The minimum absolute atomic E-state index is 0.241. The molecule has 0 N–H and O–H groups in total. The van der Waals surface area contributed by atoms with Crippen molar-refractivity contribution < 1.29 is 13.9 Å². The number of hydrogen-bond acceptors (Lipinski definition) is 2. The predicted molar refractivity (Wildman–Crippen MR) is 59.7 cm³/mol. The van der Waals surface area contributed by atoms with Crippen LogP contribution in [0.25, 0.3) is 0 Å². The summed E-state index contributed by atoms with van der Waals surface area (Å²) in [5, 5.41) is 0. The molecule has 0 aliphatic carbocycles. The Morgan fingerprint density at radius 2 is 2.06 bits per heavy atom. The molecule has 1 aromatic rings. The zero-order chi connectivity index (χ0) is 11.2. The first-order chi connectivity index (χ1) is 7.88. The largest absolute Gasteiger partial charge is 0.348 e. The average molecular weight is 224 g/mol. The van der Waals surface area contributed by atoms with Crippen LogP contribution >= 0.6 is 0 Å². The molecule has 3 heteroatoms. The Labute approximate surface area is 95.4 Å². The molecule has 1 aliphatic rings. The summed E-state index contributed by atoms with van der Waals surface area (Å²) in [5.74, 6) is 0. The van der Waals surface area contributed by atoms with E-state index in [-0.39, 0.29) is 12.4 Å². The monoisotopic (exact) mass is 224 g/mol. The van der Waals surface area contributed by atoms with Crippen LogP contribution in [0.15, 0.2) is 30.3 Å². The average Bonchev–Trinajstić information content (AvgIpc) is 2.38. The normalized spacial score (nSPS) is 25.6. The lowest BCUT2D eigenvalue weighted by atomic mass is 10.1. The van der Waals surface area contributed by atoms with Gasteiger partial charge in [-0.2, -0.15) is 0 Å². The molecule has 16 heavy (non-hydrogen) atoms. The first-order valence-electron chi connectivity index (χ1n) is 5.75. The van der Waals surface area contributed by atoms with Gasteiger partial charge in [-0.05, 0) is 24.8 Å². The van der Waals surface area contributed by atoms with Crippen molar-refractivity contribution in [3.8, 4) is 0 Å². The molecule has 0 amide bonds. The molecule has 2 rings (SSSR count). The lowest BCUT2D eigenvalue weighted by molar-refractivity contribution is -0.202. The third kappa shape index (κ3) is 3.29. The third-order valence-corrected chi connectivity index (χ3v) is 2.76. The lowest BCUT2D eigenvalue weighted by Crippen LogP contribution is -2.30. The summed E-state index contributed by atoms with van der Waals surface area (Å²) >= 11 is 0. The van der Waals surface area contributed by atoms with E-state index in [4.69, 9.17) is 9.47 Å². The molecule has 1 fully saturated rings. The number of benzene rings is 1. The Morgan fingerprint density at radius 3 is 2.81 bits per heavy atom. The van der Waals surface area contributed by atoms with Gasteiger partial charge in [-0.25, -0.2) is 4.39 Å². The summed E-state index contributed by atoms with van der Waals surface area (Å²) < 4.78 is 23.5. The Morgan fingerprint density at radius 1 is 1.25 bits per heavy atom. The maximum atomic E-state index is 12.4. The van der Waals surface area contributed by atoms with E-state index in [2.05, 4.69) is 0 Å². The first kappa shape index (κ1) is 11.6. The van der Waals surface area contributed by atoms with E-state index in [1.807, 2.05) is 30.3 Å². The second kappa shape index (κ2) is 5.97. The van der Waals surface area contributed by atoms with Gasteiger partial charge in [0.25, 0.3) is 0 Å². The first-order valence-corrected chi connectivity index (χ1v) is 5.75. The quantitative estimate of drug-likeness (QED) is 0.782. The van der Waals surface area contributed by atoms with Crippen LogP contribution in [-0.4, -0.2) is 19.1 Å². The van der Waals surface area contributed by atoms with Crippen LogP contribution in [-0.2, 0) is 16.1 Å². The SMILES string of the molecule is FCC1CCCC(OCc2ccccc2)O1. The van der Waals surface area contributed by atoms with Crippen LogP contribution in [0, 0.1) is 0 Å². The van der Waals surface area contributed by atoms with Gasteiger partial charge in [-0.15, -0.1) is 0 Å². The molecular weight excluding hydrogens is 207 g/mol. The van der Waals surface area contributed by atoms with E-state index in [0.29, 0.717) is 6.61 Å². The molecule has 0 aromatic heterocycles. The Bertz CT molecular complexity index is 302. The third-order valence-electron chi connectivity index (χ3n) is 2.76. The van der Waals surface area contributed by atoms with Gasteiger partial charge in [0.1, 0.15) is 6.67 Å². The zero-order valence-electron chi connectivity index (χ0n) is 9.27. The van der Waals surface area contributed by atoms with Crippen molar-refractivity contribution in [2.75, 3.05) is 6.67 Å². The van der Waals surface area contributed by atoms with Crippen molar-refractivity contribution in [2.24, 2.45) is 0 Å². The lowest BCUT2D eigenvalue weighted by Gasteiger charge is -2.28. The molecule has 0 spiro atoms. The maximum absolute atomic E-state index is 12.4. The molecule has 2 atom stereocenters. The van der Waals surface area contributed by atoms with Gasteiger partial charge in [-0.1, -0.05) is 30.3 Å². The van der Waals surface area contributed by atoms with Crippen LogP contribution in [0.1, 0.15) is 24.8 Å². The van der Waals surface area contributed by atoms with Gasteiger partial charge in [0.15, 0.2) is 6.29 Å². The maximum Gasteiger partial charge on any atom is 0.158 e. The highest BCUT2D eigenvalue weighted by atomic mass is 19.1. The summed E-state index contributed by atoms with van der Waals surface area (Å²) in [6.07, 6.45) is 2.14. The fraction of sp³-hybridized carbons (Fsp3) is 0.538. The van der Waals surface area contributed by atoms with E-state index < -0.39 is 6.67 Å². The Balaban J connectivity index is 1.77. The second-order valence-corrected chi connectivity index (χ2v) is 4.07. The summed E-state index contributed by atoms with van der Waals surface area (Å²) in [6.45, 7) is 0.121. The van der Waals surface area contributed by atoms with Gasteiger partial charge in [0.05, 0.1) is 12.7 Å². The highest BCUT2D eigenvalue weighted by Crippen LogP contribution is 2.21. The minimum atomic E-state index is -0.412. The van der Waals surface area contributed by atoms with Crippen LogP contribution < -0.4 is 0 Å². The van der Waals surface area contributed by atoms with E-state index in [1.165, 1.54) is 0 Å². The minimum Gasteiger partial charge on any atom is -0.348 e. The van der Waals surface area contributed by atoms with Gasteiger partial charge >= 0.3 is 0 Å². The molecule has 0 bridgehead atoms. The zero-order valence-corrected chi connectivity index (χ0v) is 9.27. The van der Waals surface area contributed by atoms with E-state index in [1.54, 1.807) is 0 Å². The molecule has 2 unspecified atom stereocenters. The van der Waals surface area contributed by atoms with Crippen LogP contribution in [0.5, 0.6) is 0 Å². The van der Waals surface area contributed by atoms with Gasteiger partial charge < -0.3 is 9.47 Å². The van der Waals surface area contributed by atoms with Crippen LogP contribution in [0.4, 0.5) is 4.39 Å². The van der Waals surface area contributed by atoms with Crippen molar-refractivity contribution in [3.63, 3.8) is 0 Å². The molecule has 88 valence electrons. The summed E-state index contributed by atoms with van der Waals surface area (Å²) in [5.41, 5.74) is 1.12. The number of alkyl halides is 1. The van der Waals surface area contributed by atoms with E-state index >= 15 is 0 Å². The number of hydrogen-bond donors (Lipinski definition) is 0. The number of rotatable bonds is 4. The van der Waals surface area contributed by atoms with E-state index in [9.17, 15) is 4.39 Å². The van der Waals surface area contributed by atoms with Crippen molar-refractivity contribution in [1.29, 1.82) is 0 Å². The summed E-state index contributed by atoms with van der Waals surface area (Å²) in [6, 6.07) is 9.94.